The molecule has 90 valence electrons. The molecule has 0 fully saturated rings. The molecule has 0 aliphatic heterocycles. The molecule has 0 spiro atoms. The van der Waals surface area contributed by atoms with Crippen LogP contribution < -0.4 is 0 Å². The minimum atomic E-state index is -0.512. The van der Waals surface area contributed by atoms with Gasteiger partial charge in [0.15, 0.2) is 0 Å². The molecule has 2 aromatic rings. The lowest BCUT2D eigenvalue weighted by atomic mass is 10.1. The number of aliphatic hydroxyl groups excluding tert-OH is 1. The van der Waals surface area contributed by atoms with E-state index in [1.54, 1.807) is 19.3 Å². The van der Waals surface area contributed by atoms with Crippen LogP contribution in [0.1, 0.15) is 31.2 Å². The van der Waals surface area contributed by atoms with Crippen molar-refractivity contribution in [2.24, 2.45) is 0 Å². The molecule has 0 aromatic carbocycles. The number of hydrogen-bond acceptors (Lipinski definition) is 5. The van der Waals surface area contributed by atoms with E-state index in [2.05, 4.69) is 15.1 Å². The van der Waals surface area contributed by atoms with Crippen molar-refractivity contribution in [3.8, 4) is 11.4 Å². The van der Waals surface area contributed by atoms with Crippen LogP contribution in [-0.4, -0.2) is 26.3 Å². The van der Waals surface area contributed by atoms with E-state index in [0.717, 1.165) is 11.1 Å². The van der Waals surface area contributed by atoms with Gasteiger partial charge in [-0.05, 0) is 25.5 Å². The summed E-state index contributed by atoms with van der Waals surface area (Å²) in [4.78, 5) is 8.31. The van der Waals surface area contributed by atoms with Crippen LogP contribution in [0.3, 0.4) is 0 Å². The first-order valence-electron chi connectivity index (χ1n) is 5.52. The Morgan fingerprint density at radius 3 is 2.76 bits per heavy atom. The van der Waals surface area contributed by atoms with E-state index in [1.807, 2.05) is 19.9 Å². The average Bonchev–Trinajstić information content (AvgIpc) is 2.77. The van der Waals surface area contributed by atoms with E-state index in [0.29, 0.717) is 11.7 Å². The van der Waals surface area contributed by atoms with Crippen LogP contribution in [-0.2, 0) is 0 Å². The summed E-state index contributed by atoms with van der Waals surface area (Å²) in [5.74, 6) is 0.817. The van der Waals surface area contributed by atoms with Gasteiger partial charge in [0.2, 0.25) is 11.7 Å². The van der Waals surface area contributed by atoms with Gasteiger partial charge in [-0.15, -0.1) is 0 Å². The van der Waals surface area contributed by atoms with Gasteiger partial charge in [-0.3, -0.25) is 4.98 Å². The number of rotatable bonds is 3. The summed E-state index contributed by atoms with van der Waals surface area (Å²) < 4.78 is 5.16. The molecule has 2 aromatic heterocycles. The summed E-state index contributed by atoms with van der Waals surface area (Å²) in [5, 5.41) is 13.4. The second kappa shape index (κ2) is 4.63. The Morgan fingerprint density at radius 1 is 1.35 bits per heavy atom. The Morgan fingerprint density at radius 2 is 2.12 bits per heavy atom. The van der Waals surface area contributed by atoms with Gasteiger partial charge in [0, 0.05) is 18.0 Å². The smallest absolute Gasteiger partial charge is 0.232 e. The van der Waals surface area contributed by atoms with E-state index < -0.39 is 6.10 Å². The summed E-state index contributed by atoms with van der Waals surface area (Å²) in [5.41, 5.74) is 1.89. The summed E-state index contributed by atoms with van der Waals surface area (Å²) in [6, 6.07) is 1.84. The van der Waals surface area contributed by atoms with Gasteiger partial charge < -0.3 is 9.63 Å². The predicted molar refractivity (Wildman–Crippen MR) is 62.4 cm³/mol. The van der Waals surface area contributed by atoms with Crippen LogP contribution in [0.5, 0.6) is 0 Å². The van der Waals surface area contributed by atoms with Gasteiger partial charge in [-0.2, -0.15) is 4.98 Å². The maximum atomic E-state index is 9.47. The molecule has 2 rings (SSSR count). The largest absolute Gasteiger partial charge is 0.393 e. The lowest BCUT2D eigenvalue weighted by Crippen LogP contribution is -2.11. The second-order valence-corrected chi connectivity index (χ2v) is 4.18. The zero-order chi connectivity index (χ0) is 12.4. The standard InChI is InChI=1S/C12H15N3O2/c1-7-6-13-5-4-10(7)11-14-12(17-15-11)8(2)9(3)16/h4-6,8-9,16H,1-3H3. The number of nitrogens with zero attached hydrogens (tertiary/aromatic N) is 3. The minimum Gasteiger partial charge on any atom is -0.393 e. The van der Waals surface area contributed by atoms with E-state index >= 15 is 0 Å². The van der Waals surface area contributed by atoms with E-state index in [4.69, 9.17) is 4.52 Å². The molecular formula is C12H15N3O2. The summed E-state index contributed by atoms with van der Waals surface area (Å²) in [6.45, 7) is 5.49. The molecule has 0 amide bonds. The van der Waals surface area contributed by atoms with Crippen molar-refractivity contribution in [1.82, 2.24) is 15.1 Å². The summed E-state index contributed by atoms with van der Waals surface area (Å²) in [6.07, 6.45) is 2.93. The first kappa shape index (κ1) is 11.7. The van der Waals surface area contributed by atoms with Crippen molar-refractivity contribution in [2.75, 3.05) is 0 Å². The highest BCUT2D eigenvalue weighted by Crippen LogP contribution is 2.23. The molecule has 2 atom stereocenters. The normalized spacial score (nSPS) is 14.6. The Labute approximate surface area is 99.5 Å². The topological polar surface area (TPSA) is 72.0 Å². The zero-order valence-electron chi connectivity index (χ0n) is 10.1. The van der Waals surface area contributed by atoms with Gasteiger partial charge >= 0.3 is 0 Å². The maximum Gasteiger partial charge on any atom is 0.232 e. The highest BCUT2D eigenvalue weighted by molar-refractivity contribution is 5.57. The van der Waals surface area contributed by atoms with Crippen LogP contribution in [0.15, 0.2) is 23.0 Å². The highest BCUT2D eigenvalue weighted by atomic mass is 16.5. The molecule has 5 nitrogen and oxygen atoms in total. The third-order valence-corrected chi connectivity index (χ3v) is 2.82. The van der Waals surface area contributed by atoms with Crippen LogP contribution in [0.25, 0.3) is 11.4 Å². The van der Waals surface area contributed by atoms with E-state index in [-0.39, 0.29) is 5.92 Å². The van der Waals surface area contributed by atoms with Crippen molar-refractivity contribution in [3.63, 3.8) is 0 Å². The molecule has 0 aliphatic rings. The molecule has 0 saturated heterocycles. The molecule has 0 saturated carbocycles. The summed E-state index contributed by atoms with van der Waals surface area (Å²) >= 11 is 0. The zero-order valence-corrected chi connectivity index (χ0v) is 10.1. The molecule has 0 bridgehead atoms. The highest BCUT2D eigenvalue weighted by Gasteiger charge is 2.19. The van der Waals surface area contributed by atoms with Crippen LogP contribution in [0, 0.1) is 6.92 Å². The Kier molecular flexibility index (Phi) is 3.19. The van der Waals surface area contributed by atoms with Gasteiger partial charge in [-0.25, -0.2) is 0 Å². The lowest BCUT2D eigenvalue weighted by Gasteiger charge is -2.08. The van der Waals surface area contributed by atoms with Gasteiger partial charge in [0.1, 0.15) is 0 Å². The van der Waals surface area contributed by atoms with Crippen LogP contribution >= 0.6 is 0 Å². The van der Waals surface area contributed by atoms with E-state index in [9.17, 15) is 5.11 Å². The molecular weight excluding hydrogens is 218 g/mol. The number of aromatic nitrogens is 3. The van der Waals surface area contributed by atoms with Crippen molar-refractivity contribution in [3.05, 3.63) is 29.9 Å². The number of aliphatic hydroxyl groups is 1. The fourth-order valence-electron chi connectivity index (χ4n) is 1.46. The van der Waals surface area contributed by atoms with Crippen LogP contribution in [0.4, 0.5) is 0 Å². The van der Waals surface area contributed by atoms with Crippen molar-refractivity contribution in [1.29, 1.82) is 0 Å². The van der Waals surface area contributed by atoms with Crippen molar-refractivity contribution in [2.45, 2.75) is 32.8 Å². The van der Waals surface area contributed by atoms with Gasteiger partial charge in [0.05, 0.1) is 12.0 Å². The first-order valence-corrected chi connectivity index (χ1v) is 5.52. The minimum absolute atomic E-state index is 0.168. The SMILES string of the molecule is Cc1cnccc1-c1noc(C(C)C(C)O)n1. The molecule has 17 heavy (non-hydrogen) atoms. The van der Waals surface area contributed by atoms with Crippen LogP contribution in [0.2, 0.25) is 0 Å². The maximum absolute atomic E-state index is 9.47. The van der Waals surface area contributed by atoms with Gasteiger partial charge in [-0.1, -0.05) is 12.1 Å². The number of pyridine rings is 1. The molecule has 5 heteroatoms. The Balaban J connectivity index is 2.34. The third kappa shape index (κ3) is 2.34. The van der Waals surface area contributed by atoms with Crippen molar-refractivity contribution >= 4 is 0 Å². The quantitative estimate of drug-likeness (QED) is 0.876. The number of hydrogen-bond donors (Lipinski definition) is 1. The van der Waals surface area contributed by atoms with Gasteiger partial charge in [0.25, 0.3) is 0 Å². The summed E-state index contributed by atoms with van der Waals surface area (Å²) in [7, 11) is 0. The van der Waals surface area contributed by atoms with Crippen molar-refractivity contribution < 1.29 is 9.63 Å². The molecule has 2 heterocycles. The van der Waals surface area contributed by atoms with E-state index in [1.165, 1.54) is 0 Å². The lowest BCUT2D eigenvalue weighted by molar-refractivity contribution is 0.151. The molecule has 1 N–H and O–H groups in total. The Hall–Kier alpha value is -1.75. The average molecular weight is 233 g/mol. The fraction of sp³-hybridized carbons (Fsp3) is 0.417. The fourth-order valence-corrected chi connectivity index (χ4v) is 1.46. The Bertz CT molecular complexity index is 508. The third-order valence-electron chi connectivity index (χ3n) is 2.82. The molecule has 2 unspecified atom stereocenters. The second-order valence-electron chi connectivity index (χ2n) is 4.18. The number of aryl methyl sites for hydroxylation is 1. The predicted octanol–water partition coefficient (Wildman–Crippen LogP) is 1.92. The molecule has 0 aliphatic carbocycles. The molecule has 0 radical (unpaired) electrons. The monoisotopic (exact) mass is 233 g/mol. The first-order chi connectivity index (χ1) is 8.09.